The largest absolute Gasteiger partial charge is 0.573 e. The number of carbonyl (C=O) groups is 1. The molecule has 0 spiro atoms. The van der Waals surface area contributed by atoms with Gasteiger partial charge in [0, 0.05) is 20.2 Å². The zero-order valence-electron chi connectivity index (χ0n) is 13.1. The molecule has 140 valence electrons. The summed E-state index contributed by atoms with van der Waals surface area (Å²) in [5, 5.41) is 8.90. The Balaban J connectivity index is 2.46. The highest BCUT2D eigenvalue weighted by Gasteiger charge is 2.37. The molecule has 0 aromatic heterocycles. The Kier molecular flexibility index (Phi) is 5.59. The van der Waals surface area contributed by atoms with Crippen LogP contribution in [-0.2, 0) is 14.8 Å². The summed E-state index contributed by atoms with van der Waals surface area (Å²) in [6.45, 7) is 0.110. The molecule has 1 aliphatic heterocycles. The lowest BCUT2D eigenvalue weighted by atomic mass is 10.1. The van der Waals surface area contributed by atoms with Crippen LogP contribution in [0, 0.1) is 0 Å². The zero-order valence-corrected chi connectivity index (χ0v) is 13.9. The highest BCUT2D eigenvalue weighted by Crippen LogP contribution is 2.33. The first-order valence-electron chi connectivity index (χ1n) is 7.20. The Morgan fingerprint density at radius 2 is 2.04 bits per heavy atom. The highest BCUT2D eigenvalue weighted by molar-refractivity contribution is 7.89. The number of carboxylic acid groups (broad SMARTS) is 1. The van der Waals surface area contributed by atoms with Gasteiger partial charge in [-0.15, -0.1) is 13.2 Å². The van der Waals surface area contributed by atoms with E-state index in [2.05, 4.69) is 4.74 Å². The van der Waals surface area contributed by atoms with E-state index in [4.69, 9.17) is 9.84 Å². The molecular formula is C14H16F3NO6S. The number of rotatable bonds is 5. The van der Waals surface area contributed by atoms with E-state index in [9.17, 15) is 26.4 Å². The second kappa shape index (κ2) is 7.18. The second-order valence-electron chi connectivity index (χ2n) is 5.38. The maximum Gasteiger partial charge on any atom is 0.573 e. The number of piperidine rings is 1. The fourth-order valence-corrected chi connectivity index (χ4v) is 4.12. The van der Waals surface area contributed by atoms with Crippen molar-refractivity contribution in [1.29, 1.82) is 0 Å². The van der Waals surface area contributed by atoms with Crippen LogP contribution in [0.3, 0.4) is 0 Å². The molecule has 0 bridgehead atoms. The molecule has 0 radical (unpaired) electrons. The lowest BCUT2D eigenvalue weighted by Gasteiger charge is -2.31. The number of nitrogens with zero attached hydrogens (tertiary/aromatic N) is 1. The summed E-state index contributed by atoms with van der Waals surface area (Å²) < 4.78 is 73.1. The molecule has 11 heteroatoms. The van der Waals surface area contributed by atoms with Crippen LogP contribution in [0.15, 0.2) is 23.1 Å². The van der Waals surface area contributed by atoms with Crippen molar-refractivity contribution >= 4 is 16.0 Å². The van der Waals surface area contributed by atoms with Crippen molar-refractivity contribution in [2.45, 2.75) is 30.2 Å². The van der Waals surface area contributed by atoms with Crippen molar-refractivity contribution in [3.63, 3.8) is 0 Å². The normalized spacial score (nSPS) is 19.6. The number of carboxylic acids is 1. The third-order valence-electron chi connectivity index (χ3n) is 3.71. The maximum absolute atomic E-state index is 12.7. The van der Waals surface area contributed by atoms with E-state index in [1.807, 2.05) is 0 Å². The molecule has 1 heterocycles. The summed E-state index contributed by atoms with van der Waals surface area (Å²) in [4.78, 5) is 10.2. The molecule has 2 rings (SSSR count). The number of benzene rings is 1. The molecule has 1 aromatic carbocycles. The molecule has 0 amide bonds. The molecule has 7 nitrogen and oxygen atoms in total. The number of aromatic carboxylic acids is 1. The SMILES string of the molecule is COC1CCCN(S(=O)(=O)c2ccc(C(=O)O)cc2OC(F)(F)F)C1. The van der Waals surface area contributed by atoms with Crippen LogP contribution < -0.4 is 4.74 Å². The van der Waals surface area contributed by atoms with Crippen LogP contribution in [0.5, 0.6) is 5.75 Å². The number of halogens is 3. The molecule has 0 aliphatic carbocycles. The van der Waals surface area contributed by atoms with Crippen LogP contribution in [0.25, 0.3) is 0 Å². The lowest BCUT2D eigenvalue weighted by molar-refractivity contribution is -0.275. The van der Waals surface area contributed by atoms with Gasteiger partial charge in [0.25, 0.3) is 0 Å². The van der Waals surface area contributed by atoms with E-state index >= 15 is 0 Å². The van der Waals surface area contributed by atoms with Crippen molar-refractivity contribution < 1.29 is 41.0 Å². The Labute approximate surface area is 142 Å². The molecule has 1 fully saturated rings. The number of methoxy groups -OCH3 is 1. The number of hydrogen-bond acceptors (Lipinski definition) is 5. The third kappa shape index (κ3) is 4.61. The topological polar surface area (TPSA) is 93.1 Å². The van der Waals surface area contributed by atoms with Crippen LogP contribution in [0.2, 0.25) is 0 Å². The van der Waals surface area contributed by atoms with Gasteiger partial charge in [-0.2, -0.15) is 4.31 Å². The Bertz CT molecular complexity index is 749. The number of alkyl halides is 3. The van der Waals surface area contributed by atoms with E-state index in [0.717, 1.165) is 16.4 Å². The van der Waals surface area contributed by atoms with Crippen LogP contribution in [-0.4, -0.2) is 56.5 Å². The zero-order chi connectivity index (χ0) is 18.8. The summed E-state index contributed by atoms with van der Waals surface area (Å²) in [5.74, 6) is -2.58. The van der Waals surface area contributed by atoms with Gasteiger partial charge in [-0.1, -0.05) is 0 Å². The number of ether oxygens (including phenoxy) is 2. The summed E-state index contributed by atoms with van der Waals surface area (Å²) in [6, 6.07) is 2.26. The number of sulfonamides is 1. The fraction of sp³-hybridized carbons (Fsp3) is 0.500. The minimum Gasteiger partial charge on any atom is -0.478 e. The molecule has 1 unspecified atom stereocenters. The van der Waals surface area contributed by atoms with Gasteiger partial charge in [0.05, 0.1) is 11.7 Å². The minimum atomic E-state index is -5.17. The predicted octanol–water partition coefficient (Wildman–Crippen LogP) is 2.08. The van der Waals surface area contributed by atoms with Crippen LogP contribution in [0.1, 0.15) is 23.2 Å². The van der Waals surface area contributed by atoms with Gasteiger partial charge >= 0.3 is 12.3 Å². The average Bonchev–Trinajstić information content (AvgIpc) is 2.53. The van der Waals surface area contributed by atoms with E-state index < -0.39 is 38.6 Å². The van der Waals surface area contributed by atoms with Gasteiger partial charge in [-0.05, 0) is 31.0 Å². The quantitative estimate of drug-likeness (QED) is 0.837. The van der Waals surface area contributed by atoms with E-state index in [1.54, 1.807) is 0 Å². The maximum atomic E-state index is 12.7. The van der Waals surface area contributed by atoms with Crippen molar-refractivity contribution in [2.24, 2.45) is 0 Å². The third-order valence-corrected chi connectivity index (χ3v) is 5.61. The fourth-order valence-electron chi connectivity index (χ4n) is 2.51. The smallest absolute Gasteiger partial charge is 0.478 e. The van der Waals surface area contributed by atoms with Gasteiger partial charge in [-0.3, -0.25) is 0 Å². The summed E-state index contributed by atoms with van der Waals surface area (Å²) in [6.07, 6.45) is -4.42. The van der Waals surface area contributed by atoms with Gasteiger partial charge in [0.1, 0.15) is 10.6 Å². The first-order valence-corrected chi connectivity index (χ1v) is 8.64. The molecule has 25 heavy (non-hydrogen) atoms. The standard InChI is InChI=1S/C14H16F3NO6S/c1-23-10-3-2-6-18(8-10)25(21,22)12-5-4-9(13(19)20)7-11(12)24-14(15,16)17/h4-5,7,10H,2-3,6,8H2,1H3,(H,19,20). The molecular weight excluding hydrogens is 367 g/mol. The molecule has 0 saturated carbocycles. The Hall–Kier alpha value is -1.85. The average molecular weight is 383 g/mol. The van der Waals surface area contributed by atoms with E-state index in [0.29, 0.717) is 18.9 Å². The van der Waals surface area contributed by atoms with Gasteiger partial charge < -0.3 is 14.6 Å². The Morgan fingerprint density at radius 3 is 2.60 bits per heavy atom. The summed E-state index contributed by atoms with van der Waals surface area (Å²) >= 11 is 0. The van der Waals surface area contributed by atoms with Crippen LogP contribution >= 0.6 is 0 Å². The molecule has 1 saturated heterocycles. The van der Waals surface area contributed by atoms with Gasteiger partial charge in [-0.25, -0.2) is 13.2 Å². The van der Waals surface area contributed by atoms with Crippen molar-refractivity contribution in [2.75, 3.05) is 20.2 Å². The molecule has 1 atom stereocenters. The molecule has 1 aliphatic rings. The predicted molar refractivity (Wildman–Crippen MR) is 78.9 cm³/mol. The molecule has 1 aromatic rings. The van der Waals surface area contributed by atoms with Crippen molar-refractivity contribution in [3.05, 3.63) is 23.8 Å². The monoisotopic (exact) mass is 383 g/mol. The highest BCUT2D eigenvalue weighted by atomic mass is 32.2. The second-order valence-corrected chi connectivity index (χ2v) is 7.28. The van der Waals surface area contributed by atoms with Gasteiger partial charge in [0.2, 0.25) is 10.0 Å². The first kappa shape index (κ1) is 19.5. The molecule has 1 N–H and O–H groups in total. The lowest BCUT2D eigenvalue weighted by Crippen LogP contribution is -2.43. The Morgan fingerprint density at radius 1 is 1.36 bits per heavy atom. The van der Waals surface area contributed by atoms with Crippen molar-refractivity contribution in [3.8, 4) is 5.75 Å². The minimum absolute atomic E-state index is 0.00896. The van der Waals surface area contributed by atoms with Gasteiger partial charge in [0.15, 0.2) is 0 Å². The van der Waals surface area contributed by atoms with Crippen molar-refractivity contribution in [1.82, 2.24) is 4.31 Å². The van der Waals surface area contributed by atoms with E-state index in [-0.39, 0.29) is 19.2 Å². The van der Waals surface area contributed by atoms with E-state index in [1.165, 1.54) is 7.11 Å². The summed E-state index contributed by atoms with van der Waals surface area (Å²) in [7, 11) is -2.90. The first-order chi connectivity index (χ1) is 11.5. The number of hydrogen-bond donors (Lipinski definition) is 1. The van der Waals surface area contributed by atoms with Crippen LogP contribution in [0.4, 0.5) is 13.2 Å². The summed E-state index contributed by atoms with van der Waals surface area (Å²) in [5.41, 5.74) is -0.522.